The van der Waals surface area contributed by atoms with Gasteiger partial charge in [0.15, 0.2) is 5.65 Å². The first-order valence-electron chi connectivity index (χ1n) is 7.63. The molecule has 4 aromatic rings. The first-order valence-corrected chi connectivity index (χ1v) is 8.51. The van der Waals surface area contributed by atoms with Crippen molar-refractivity contribution in [2.45, 2.75) is 17.2 Å². The Morgan fingerprint density at radius 2 is 1.79 bits per heavy atom. The highest BCUT2D eigenvalue weighted by Gasteiger charge is 2.15. The lowest BCUT2D eigenvalue weighted by Gasteiger charge is -2.11. The van der Waals surface area contributed by atoms with Crippen molar-refractivity contribution >= 4 is 22.8 Å². The van der Waals surface area contributed by atoms with E-state index in [0.717, 1.165) is 21.7 Å². The highest BCUT2D eigenvalue weighted by Crippen LogP contribution is 2.36. The quantitative estimate of drug-likeness (QED) is 0.416. The van der Waals surface area contributed by atoms with Crippen molar-refractivity contribution in [3.8, 4) is 5.69 Å². The number of para-hydroxylation sites is 1. The molecule has 1 atom stereocenters. The number of hydrogen-bond acceptors (Lipinski definition) is 5. The van der Waals surface area contributed by atoms with Crippen LogP contribution in [-0.2, 0) is 0 Å². The number of hydrogen-bond donors (Lipinski definition) is 0. The normalized spacial score (nSPS) is 12.4. The minimum absolute atomic E-state index is 0.270. The summed E-state index contributed by atoms with van der Waals surface area (Å²) in [6, 6.07) is 14.1. The Morgan fingerprint density at radius 1 is 1.00 bits per heavy atom. The first kappa shape index (κ1) is 14.8. The maximum Gasteiger partial charge on any atom is 0.167 e. The van der Waals surface area contributed by atoms with Gasteiger partial charge in [0.25, 0.3) is 0 Å². The molecule has 6 heteroatoms. The summed E-state index contributed by atoms with van der Waals surface area (Å²) in [5.41, 5.74) is 3.03. The molecular formula is C18H15N5S. The van der Waals surface area contributed by atoms with E-state index in [0.29, 0.717) is 0 Å². The van der Waals surface area contributed by atoms with E-state index in [1.54, 1.807) is 18.1 Å². The largest absolute Gasteiger partial charge is 0.265 e. The first-order chi connectivity index (χ1) is 11.8. The summed E-state index contributed by atoms with van der Waals surface area (Å²) in [5, 5.41) is 6.67. The van der Waals surface area contributed by atoms with Crippen LogP contribution < -0.4 is 0 Å². The average Bonchev–Trinajstić information content (AvgIpc) is 3.08. The van der Waals surface area contributed by atoms with Gasteiger partial charge in [-0.15, -0.1) is 0 Å². The van der Waals surface area contributed by atoms with Crippen LogP contribution in [0.1, 0.15) is 17.7 Å². The van der Waals surface area contributed by atoms with Gasteiger partial charge >= 0.3 is 0 Å². The van der Waals surface area contributed by atoms with Gasteiger partial charge in [0.1, 0.15) is 11.4 Å². The van der Waals surface area contributed by atoms with Gasteiger partial charge in [-0.2, -0.15) is 5.10 Å². The predicted octanol–water partition coefficient (Wildman–Crippen LogP) is 4.06. The van der Waals surface area contributed by atoms with Gasteiger partial charge in [0.05, 0.1) is 17.3 Å². The summed E-state index contributed by atoms with van der Waals surface area (Å²) in [4.78, 5) is 13.0. The van der Waals surface area contributed by atoms with Crippen LogP contribution in [0.15, 0.2) is 72.4 Å². The molecule has 1 aromatic carbocycles. The Balaban J connectivity index is 1.71. The van der Waals surface area contributed by atoms with Gasteiger partial charge in [0.2, 0.25) is 0 Å². The minimum Gasteiger partial charge on any atom is -0.265 e. The van der Waals surface area contributed by atoms with Crippen molar-refractivity contribution in [2.75, 3.05) is 0 Å². The van der Waals surface area contributed by atoms with Crippen LogP contribution >= 0.6 is 11.8 Å². The van der Waals surface area contributed by atoms with Crippen LogP contribution in [0.5, 0.6) is 0 Å². The number of aromatic nitrogens is 5. The molecule has 0 N–H and O–H groups in total. The third kappa shape index (κ3) is 2.76. The molecule has 0 aliphatic heterocycles. The summed E-state index contributed by atoms with van der Waals surface area (Å²) in [6.07, 6.45) is 7.07. The van der Waals surface area contributed by atoms with Gasteiger partial charge in [-0.25, -0.2) is 14.6 Å². The molecule has 0 aliphatic rings. The molecule has 0 aliphatic carbocycles. The van der Waals surface area contributed by atoms with Gasteiger partial charge in [0, 0.05) is 17.6 Å². The number of benzene rings is 1. The van der Waals surface area contributed by atoms with E-state index in [9.17, 15) is 0 Å². The molecule has 4 rings (SSSR count). The zero-order valence-corrected chi connectivity index (χ0v) is 13.9. The fourth-order valence-corrected chi connectivity index (χ4v) is 3.55. The van der Waals surface area contributed by atoms with E-state index in [2.05, 4.69) is 27.0 Å². The van der Waals surface area contributed by atoms with E-state index < -0.39 is 0 Å². The smallest absolute Gasteiger partial charge is 0.167 e. The van der Waals surface area contributed by atoms with Crippen LogP contribution in [0.2, 0.25) is 0 Å². The molecule has 3 aromatic heterocycles. The molecule has 0 saturated heterocycles. The van der Waals surface area contributed by atoms with Crippen LogP contribution in [0.3, 0.4) is 0 Å². The molecule has 3 heterocycles. The molecule has 0 spiro atoms. The Morgan fingerprint density at radius 3 is 2.58 bits per heavy atom. The highest BCUT2D eigenvalue weighted by atomic mass is 32.2. The molecule has 0 bridgehead atoms. The van der Waals surface area contributed by atoms with Crippen molar-refractivity contribution < 1.29 is 0 Å². The average molecular weight is 333 g/mol. The molecular weight excluding hydrogens is 318 g/mol. The van der Waals surface area contributed by atoms with Crippen LogP contribution in [0.4, 0.5) is 0 Å². The van der Waals surface area contributed by atoms with Crippen molar-refractivity contribution in [2.24, 2.45) is 0 Å². The summed E-state index contributed by atoms with van der Waals surface area (Å²) in [6.45, 7) is 2.16. The monoisotopic (exact) mass is 333 g/mol. The second-order valence-electron chi connectivity index (χ2n) is 5.35. The number of pyridine rings is 1. The number of fused-ring (bicyclic) bond motifs is 1. The van der Waals surface area contributed by atoms with Crippen molar-refractivity contribution in [1.29, 1.82) is 0 Å². The minimum atomic E-state index is 0.270. The molecule has 0 fully saturated rings. The summed E-state index contributed by atoms with van der Waals surface area (Å²) < 4.78 is 1.85. The maximum absolute atomic E-state index is 4.50. The van der Waals surface area contributed by atoms with Crippen LogP contribution in [-0.4, -0.2) is 24.7 Å². The Bertz CT molecular complexity index is 953. The maximum atomic E-state index is 4.50. The van der Waals surface area contributed by atoms with Crippen molar-refractivity contribution in [1.82, 2.24) is 24.7 Å². The Labute approximate surface area is 143 Å². The highest BCUT2D eigenvalue weighted by molar-refractivity contribution is 7.99. The molecule has 24 heavy (non-hydrogen) atoms. The summed E-state index contributed by atoms with van der Waals surface area (Å²) in [5.74, 6) is 0. The number of thioether (sulfide) groups is 1. The molecule has 0 radical (unpaired) electrons. The topological polar surface area (TPSA) is 56.5 Å². The summed E-state index contributed by atoms with van der Waals surface area (Å²) >= 11 is 1.70. The van der Waals surface area contributed by atoms with Gasteiger partial charge in [-0.1, -0.05) is 30.0 Å². The lowest BCUT2D eigenvalue weighted by molar-refractivity contribution is 0.893. The number of rotatable bonds is 4. The third-order valence-electron chi connectivity index (χ3n) is 3.79. The van der Waals surface area contributed by atoms with Crippen molar-refractivity contribution in [3.63, 3.8) is 0 Å². The van der Waals surface area contributed by atoms with E-state index in [1.165, 1.54) is 5.56 Å². The lowest BCUT2D eigenvalue weighted by Crippen LogP contribution is -1.98. The SMILES string of the molecule is CC(Sc1ncnc2c1cnn2-c1ccccc1)c1ccncc1. The van der Waals surface area contributed by atoms with E-state index >= 15 is 0 Å². The number of nitrogens with zero attached hydrogens (tertiary/aromatic N) is 5. The zero-order valence-electron chi connectivity index (χ0n) is 13.1. The molecule has 118 valence electrons. The van der Waals surface area contributed by atoms with E-state index in [-0.39, 0.29) is 5.25 Å². The fourth-order valence-electron chi connectivity index (χ4n) is 2.54. The second kappa shape index (κ2) is 6.41. The van der Waals surface area contributed by atoms with Gasteiger partial charge in [-0.3, -0.25) is 4.98 Å². The van der Waals surface area contributed by atoms with Crippen molar-refractivity contribution in [3.05, 3.63) is 72.9 Å². The van der Waals surface area contributed by atoms with Gasteiger partial charge < -0.3 is 0 Å². The predicted molar refractivity (Wildman–Crippen MR) is 95.2 cm³/mol. The zero-order chi connectivity index (χ0) is 16.4. The Kier molecular flexibility index (Phi) is 3.96. The van der Waals surface area contributed by atoms with Crippen LogP contribution in [0.25, 0.3) is 16.7 Å². The fraction of sp³-hybridized carbons (Fsp3) is 0.111. The molecule has 1 unspecified atom stereocenters. The van der Waals surface area contributed by atoms with E-state index in [1.807, 2.05) is 65.7 Å². The standard InChI is InChI=1S/C18H15N5S/c1-13(14-7-9-19-10-8-14)24-18-16-11-22-23(17(16)20-12-21-18)15-5-3-2-4-6-15/h2-13H,1H3. The Hall–Kier alpha value is -2.73. The second-order valence-corrected chi connectivity index (χ2v) is 6.68. The molecule has 5 nitrogen and oxygen atoms in total. The van der Waals surface area contributed by atoms with Crippen LogP contribution in [0, 0.1) is 0 Å². The molecule has 0 amide bonds. The van der Waals surface area contributed by atoms with E-state index in [4.69, 9.17) is 0 Å². The lowest BCUT2D eigenvalue weighted by atomic mass is 10.2. The molecule has 0 saturated carbocycles. The van der Waals surface area contributed by atoms with Gasteiger partial charge in [-0.05, 0) is 36.8 Å². The third-order valence-corrected chi connectivity index (χ3v) is 4.97. The summed E-state index contributed by atoms with van der Waals surface area (Å²) in [7, 11) is 0.